The van der Waals surface area contributed by atoms with E-state index < -0.39 is 0 Å². The molecule has 0 aliphatic carbocycles. The van der Waals surface area contributed by atoms with E-state index in [2.05, 4.69) is 186 Å². The second-order valence-electron chi connectivity index (χ2n) is 19.0. The average Bonchev–Trinajstić information content (AvgIpc) is 3.43. The van der Waals surface area contributed by atoms with Gasteiger partial charge in [-0.3, -0.25) is 4.90 Å². The zero-order valence-electron chi connectivity index (χ0n) is 42.5. The number of nitrogens with zero attached hydrogens (tertiary/aromatic N) is 7. The van der Waals surface area contributed by atoms with E-state index in [1.54, 1.807) is 0 Å². The Hall–Kier alpha value is -9.33. The van der Waals surface area contributed by atoms with Gasteiger partial charge in [-0.05, 0) is 110 Å². The summed E-state index contributed by atoms with van der Waals surface area (Å²) in [5.74, 6) is 2.65. The van der Waals surface area contributed by atoms with E-state index >= 15 is 0 Å². The molecule has 0 amide bonds. The van der Waals surface area contributed by atoms with Crippen molar-refractivity contribution in [2.45, 2.75) is 41.5 Å². The summed E-state index contributed by atoms with van der Waals surface area (Å²) in [4.78, 5) is 31.0. The fourth-order valence-electron chi connectivity index (χ4n) is 10.3. The van der Waals surface area contributed by atoms with Gasteiger partial charge in [-0.15, -0.1) is 0 Å². The Kier molecular flexibility index (Phi) is 13.0. The smallest absolute Gasteiger partial charge is 0.239 e. The Morgan fingerprint density at radius 3 is 1.09 bits per heavy atom. The number of hydrogen-bond acceptors (Lipinski definition) is 7. The molecule has 7 heteroatoms. The van der Waals surface area contributed by atoms with Gasteiger partial charge < -0.3 is 4.90 Å². The molecule has 0 bridgehead atoms. The highest BCUT2D eigenvalue weighted by molar-refractivity contribution is 5.87. The highest BCUT2D eigenvalue weighted by Gasteiger charge is 2.26. The molecule has 0 saturated heterocycles. The molecule has 0 spiro atoms. The Morgan fingerprint density at radius 1 is 0.284 bits per heavy atom. The van der Waals surface area contributed by atoms with Crippen LogP contribution < -0.4 is 9.80 Å². The minimum Gasteiger partial charge on any atom is -0.309 e. The molecule has 0 saturated carbocycles. The van der Waals surface area contributed by atoms with E-state index in [0.29, 0.717) is 29.2 Å². The predicted octanol–water partition coefficient (Wildman–Crippen LogP) is 17.5. The third kappa shape index (κ3) is 9.59. The quantitative estimate of drug-likeness (QED) is 0.121. The molecule has 0 fully saturated rings. The molecule has 9 aromatic carbocycles. The summed E-state index contributed by atoms with van der Waals surface area (Å²) in [5, 5.41) is 0. The van der Waals surface area contributed by atoms with Gasteiger partial charge in [0.25, 0.3) is 0 Å². The van der Waals surface area contributed by atoms with Crippen molar-refractivity contribution in [2.75, 3.05) is 9.80 Å². The third-order valence-electron chi connectivity index (χ3n) is 13.4. The first-order valence-electron chi connectivity index (χ1n) is 25.1. The van der Waals surface area contributed by atoms with E-state index in [1.165, 1.54) is 44.5 Å². The van der Waals surface area contributed by atoms with Gasteiger partial charge in [-0.25, -0.2) is 15.0 Å². The van der Waals surface area contributed by atoms with Gasteiger partial charge >= 0.3 is 0 Å². The summed E-state index contributed by atoms with van der Waals surface area (Å²) < 4.78 is 0. The lowest BCUT2D eigenvalue weighted by Crippen LogP contribution is -2.18. The fourth-order valence-corrected chi connectivity index (χ4v) is 10.3. The largest absolute Gasteiger partial charge is 0.309 e. The van der Waals surface area contributed by atoms with Crippen LogP contribution in [0.5, 0.6) is 0 Å². The molecule has 0 aliphatic heterocycles. The highest BCUT2D eigenvalue weighted by atomic mass is 15.3. The minimum atomic E-state index is 0.407. The Morgan fingerprint density at radius 2 is 0.635 bits per heavy atom. The first kappa shape index (κ1) is 47.0. The van der Waals surface area contributed by atoms with E-state index in [1.807, 2.05) is 89.8 Å². The van der Waals surface area contributed by atoms with Gasteiger partial charge in [0.2, 0.25) is 5.95 Å². The van der Waals surface area contributed by atoms with Crippen LogP contribution in [0.1, 0.15) is 33.4 Å². The molecule has 0 atom stereocenters. The molecule has 0 aliphatic rings. The maximum absolute atomic E-state index is 5.40. The monoisotopic (exact) mass is 957 g/mol. The lowest BCUT2D eigenvalue weighted by molar-refractivity contribution is 1.00. The highest BCUT2D eigenvalue weighted by Crippen LogP contribution is 2.45. The van der Waals surface area contributed by atoms with E-state index in [0.717, 1.165) is 61.8 Å². The Balaban J connectivity index is 1.12. The van der Waals surface area contributed by atoms with E-state index in [9.17, 15) is 0 Å². The molecule has 11 rings (SSSR count). The van der Waals surface area contributed by atoms with E-state index in [-0.39, 0.29) is 0 Å². The molecular weight excluding hydrogens is 903 g/mol. The average molecular weight is 958 g/mol. The first-order chi connectivity index (χ1) is 36.1. The molecule has 2 aromatic heterocycles. The van der Waals surface area contributed by atoms with Crippen LogP contribution in [0.4, 0.5) is 34.5 Å². The molecule has 0 unspecified atom stereocenters. The van der Waals surface area contributed by atoms with Gasteiger partial charge in [0.05, 0.1) is 22.8 Å². The second kappa shape index (κ2) is 20.4. The van der Waals surface area contributed by atoms with Crippen LogP contribution >= 0.6 is 0 Å². The normalized spacial score (nSPS) is 11.1. The minimum absolute atomic E-state index is 0.407. The number of aromatic nitrogens is 5. The maximum atomic E-state index is 5.40. The van der Waals surface area contributed by atoms with Gasteiger partial charge in [0.15, 0.2) is 17.5 Å². The van der Waals surface area contributed by atoms with Crippen molar-refractivity contribution >= 4 is 34.5 Å². The number of rotatable bonds is 12. The zero-order chi connectivity index (χ0) is 50.7. The summed E-state index contributed by atoms with van der Waals surface area (Å²) in [6, 6.07) is 77.9. The first-order valence-corrected chi connectivity index (χ1v) is 25.1. The van der Waals surface area contributed by atoms with Crippen molar-refractivity contribution in [3.05, 3.63) is 258 Å². The molecule has 74 heavy (non-hydrogen) atoms. The third-order valence-corrected chi connectivity index (χ3v) is 13.4. The van der Waals surface area contributed by atoms with Gasteiger partial charge in [-0.2, -0.15) is 9.97 Å². The SMILES string of the molecule is Cc1cc(C)c(N(c2ccc(N(c3cc(-c4ccccc4)nc(-c4ccccc4)n3)c3nc(-c4ccccc4)nc(-c4ccc(-c5ccccc5-c5ccccc5)cc4)n3)cc2)c2c(C)cc(C)cc2C)c(C)c1. The molecular formula is C67H55N7. The van der Waals surface area contributed by atoms with E-state index in [4.69, 9.17) is 24.9 Å². The molecule has 11 aromatic rings. The predicted molar refractivity (Wildman–Crippen MR) is 306 cm³/mol. The van der Waals surface area contributed by atoms with Crippen LogP contribution in [0.25, 0.3) is 67.7 Å². The summed E-state index contributed by atoms with van der Waals surface area (Å²) in [6.07, 6.45) is 0. The number of aryl methyl sites for hydroxylation is 6. The van der Waals surface area contributed by atoms with Gasteiger partial charge in [-0.1, -0.05) is 205 Å². The van der Waals surface area contributed by atoms with Crippen LogP contribution in [-0.2, 0) is 0 Å². The Labute approximate surface area is 434 Å². The zero-order valence-corrected chi connectivity index (χ0v) is 42.5. The Bertz CT molecular complexity index is 3610. The molecule has 7 nitrogen and oxygen atoms in total. The van der Waals surface area contributed by atoms with Crippen molar-refractivity contribution in [3.63, 3.8) is 0 Å². The number of hydrogen-bond donors (Lipinski definition) is 0. The van der Waals surface area contributed by atoms with Crippen LogP contribution in [0.2, 0.25) is 0 Å². The standard InChI is InChI=1S/C67H55N7/c1-44-39-46(3)62(47(4)40-44)74(63-48(5)41-45(2)42-49(63)6)57-37-35-56(36-38-57)73(61-43-60(52-23-13-8-14-24-52)68-64(69-61)53-25-15-9-16-26-53)67-71-65(54-27-17-10-18-28-54)70-66(72-67)55-33-31-51(32-34-55)59-30-20-19-29-58(59)50-21-11-7-12-22-50/h7-43H,1-6H3. The van der Waals surface area contributed by atoms with Gasteiger partial charge in [0.1, 0.15) is 5.82 Å². The number of anilines is 6. The van der Waals surface area contributed by atoms with Crippen molar-refractivity contribution in [1.82, 2.24) is 24.9 Å². The van der Waals surface area contributed by atoms with Crippen LogP contribution in [0.3, 0.4) is 0 Å². The summed E-state index contributed by atoms with van der Waals surface area (Å²) in [6.45, 7) is 13.2. The summed E-state index contributed by atoms with van der Waals surface area (Å²) in [5.41, 5.74) is 20.3. The van der Waals surface area contributed by atoms with Crippen molar-refractivity contribution in [1.29, 1.82) is 0 Å². The summed E-state index contributed by atoms with van der Waals surface area (Å²) >= 11 is 0. The topological polar surface area (TPSA) is 70.9 Å². The number of benzene rings is 9. The fraction of sp³-hybridized carbons (Fsp3) is 0.0896. The molecule has 0 radical (unpaired) electrons. The van der Waals surface area contributed by atoms with Crippen molar-refractivity contribution in [3.8, 4) is 67.7 Å². The maximum Gasteiger partial charge on any atom is 0.239 e. The molecule has 2 heterocycles. The lowest BCUT2D eigenvalue weighted by atomic mass is 9.94. The second-order valence-corrected chi connectivity index (χ2v) is 19.0. The van der Waals surface area contributed by atoms with Crippen LogP contribution in [0.15, 0.2) is 224 Å². The van der Waals surface area contributed by atoms with Crippen molar-refractivity contribution < 1.29 is 0 Å². The molecule has 0 N–H and O–H groups in total. The summed E-state index contributed by atoms with van der Waals surface area (Å²) in [7, 11) is 0. The lowest BCUT2D eigenvalue weighted by Gasteiger charge is -2.32. The van der Waals surface area contributed by atoms with Crippen molar-refractivity contribution in [2.24, 2.45) is 0 Å². The van der Waals surface area contributed by atoms with Crippen LogP contribution in [0, 0.1) is 41.5 Å². The van der Waals surface area contributed by atoms with Crippen LogP contribution in [-0.4, -0.2) is 24.9 Å². The van der Waals surface area contributed by atoms with Gasteiger partial charge in [0, 0.05) is 34.0 Å². The molecule has 358 valence electrons.